The Kier molecular flexibility index (Phi) is 17.4. The predicted octanol–water partition coefficient (Wildman–Crippen LogP) is 3.34. The first-order chi connectivity index (χ1) is 37.9. The molecule has 0 unspecified atom stereocenters. The quantitative estimate of drug-likeness (QED) is 0.0356. The molecule has 22 heteroatoms. The van der Waals surface area contributed by atoms with E-state index in [0.29, 0.717) is 71.1 Å². The lowest BCUT2D eigenvalue weighted by atomic mass is 9.81. The number of aryl methyl sites for hydroxylation is 1. The number of pyridine rings is 2. The van der Waals surface area contributed by atoms with Crippen LogP contribution in [0.1, 0.15) is 130 Å². The number of carbonyl (C=O) groups is 10. The van der Waals surface area contributed by atoms with Gasteiger partial charge in [-0.2, -0.15) is 0 Å². The molecule has 2 aromatic carbocycles. The second kappa shape index (κ2) is 24.0. The second-order valence-corrected chi connectivity index (χ2v) is 21.8. The van der Waals surface area contributed by atoms with Crippen molar-refractivity contribution in [2.75, 3.05) is 19.6 Å². The maximum absolute atomic E-state index is 15.5. The number of halogens is 1. The molecule has 0 saturated heterocycles. The molecular weight excluding hydrogens is 1040 g/mol. The van der Waals surface area contributed by atoms with Gasteiger partial charge >= 0.3 is 11.9 Å². The second-order valence-electron chi connectivity index (χ2n) is 21.8. The number of rotatable bonds is 23. The van der Waals surface area contributed by atoms with Gasteiger partial charge in [0, 0.05) is 72.9 Å². The molecular formula is C58H64FN7O14. The van der Waals surface area contributed by atoms with Gasteiger partial charge < -0.3 is 40.4 Å². The Hall–Kier alpha value is -8.27. The summed E-state index contributed by atoms with van der Waals surface area (Å²) in [5.41, 5.74) is 0.622. The van der Waals surface area contributed by atoms with E-state index in [1.54, 1.807) is 58.0 Å². The van der Waals surface area contributed by atoms with E-state index in [2.05, 4.69) is 21.3 Å². The highest BCUT2D eigenvalue weighted by atomic mass is 19.1. The van der Waals surface area contributed by atoms with Crippen LogP contribution in [0.15, 0.2) is 59.4 Å². The fraction of sp³-hybridized carbons (Fsp3) is 0.448. The molecule has 0 spiro atoms. The minimum Gasteiger partial charge on any atom is -0.460 e. The first-order valence-electron chi connectivity index (χ1n) is 26.7. The van der Waals surface area contributed by atoms with Crippen LogP contribution in [0.3, 0.4) is 0 Å². The van der Waals surface area contributed by atoms with Crippen LogP contribution in [0.25, 0.3) is 22.3 Å². The molecule has 5 heterocycles. The van der Waals surface area contributed by atoms with Gasteiger partial charge in [0.15, 0.2) is 17.2 Å². The number of ketones is 2. The molecule has 0 bridgehead atoms. The van der Waals surface area contributed by atoms with Gasteiger partial charge in [-0.3, -0.25) is 52.8 Å². The zero-order valence-corrected chi connectivity index (χ0v) is 45.2. The molecule has 21 nitrogen and oxygen atoms in total. The van der Waals surface area contributed by atoms with Gasteiger partial charge in [0.25, 0.3) is 17.4 Å². The zero-order valence-electron chi connectivity index (χ0n) is 45.2. The van der Waals surface area contributed by atoms with E-state index in [1.165, 1.54) is 35.8 Å². The fourth-order valence-electron chi connectivity index (χ4n) is 10.7. The van der Waals surface area contributed by atoms with Crippen LogP contribution >= 0.6 is 0 Å². The van der Waals surface area contributed by atoms with Crippen LogP contribution in [-0.4, -0.2) is 110 Å². The number of nitrogens with zero attached hydrogens (tertiary/aromatic N) is 3. The number of amides is 6. The SMILES string of the molecule is Cc1c(F)cc2nc3c(c4c2c1CC[C@@H]4NC(=O)CNC(=O)[C@@H](CC(=O)CNC(=O)CCC(=O)[C@H](CC(=O)OC(C)(C)C)NC(=O)CCCCCN1C(=O)C=CC1=O)Cc1ccccc1)Cn1c-3cc2c(c1=O)COC(=O)[C@@]2(C)O. The maximum Gasteiger partial charge on any atom is 0.342 e. The molecule has 6 amide bonds. The summed E-state index contributed by atoms with van der Waals surface area (Å²) in [5.74, 6) is -7.53. The minimum atomic E-state index is -2.12. The van der Waals surface area contributed by atoms with E-state index in [-0.39, 0.29) is 55.6 Å². The number of Topliss-reactive ketones (excluding diaryl/α,β-unsaturated/α-hetero) is 2. The van der Waals surface area contributed by atoms with Crippen LogP contribution in [0, 0.1) is 18.7 Å². The Labute approximate surface area is 459 Å². The van der Waals surface area contributed by atoms with E-state index < -0.39 is 132 Å². The number of unbranched alkanes of at least 4 members (excludes halogenated alkanes) is 2. The molecule has 4 aliphatic rings. The number of cyclic esters (lactones) is 1. The average Bonchev–Trinajstić information content (AvgIpc) is 4.02. The van der Waals surface area contributed by atoms with Gasteiger partial charge in [-0.1, -0.05) is 36.8 Å². The number of carbonyl (C=O) groups excluding carboxylic acids is 10. The molecule has 4 atom stereocenters. The number of imide groups is 1. The van der Waals surface area contributed by atoms with Gasteiger partial charge in [0.2, 0.25) is 23.6 Å². The third kappa shape index (κ3) is 13.1. The predicted molar refractivity (Wildman–Crippen MR) is 284 cm³/mol. The highest BCUT2D eigenvalue weighted by molar-refractivity contribution is 6.12. The number of nitrogens with one attached hydrogen (secondary N) is 4. The number of hydrogen-bond acceptors (Lipinski definition) is 15. The molecule has 2 aromatic heterocycles. The van der Waals surface area contributed by atoms with Crippen LogP contribution in [0.2, 0.25) is 0 Å². The van der Waals surface area contributed by atoms with Crippen molar-refractivity contribution in [2.45, 2.75) is 142 Å². The van der Waals surface area contributed by atoms with Crippen molar-refractivity contribution in [3.63, 3.8) is 0 Å². The molecule has 3 aliphatic heterocycles. The van der Waals surface area contributed by atoms with E-state index >= 15 is 4.39 Å². The normalized spacial score (nSPS) is 17.7. The third-order valence-electron chi connectivity index (χ3n) is 14.7. The van der Waals surface area contributed by atoms with Crippen molar-refractivity contribution in [1.29, 1.82) is 0 Å². The van der Waals surface area contributed by atoms with E-state index in [0.717, 1.165) is 10.5 Å². The Morgan fingerprint density at radius 2 is 1.60 bits per heavy atom. The number of aliphatic hydroxyl groups is 1. The maximum atomic E-state index is 15.5. The number of ether oxygens (including phenoxy) is 2. The summed E-state index contributed by atoms with van der Waals surface area (Å²) in [7, 11) is 0. The van der Waals surface area contributed by atoms with E-state index in [4.69, 9.17) is 14.5 Å². The number of aromatic nitrogens is 2. The highest BCUT2D eigenvalue weighted by Crippen LogP contribution is 2.45. The summed E-state index contributed by atoms with van der Waals surface area (Å²) in [5, 5.41) is 22.5. The number of benzene rings is 2. The number of fused-ring (bicyclic) bond motifs is 5. The lowest BCUT2D eigenvalue weighted by Gasteiger charge is -2.30. The van der Waals surface area contributed by atoms with Crippen LogP contribution in [0.4, 0.5) is 4.39 Å². The molecule has 0 fully saturated rings. The van der Waals surface area contributed by atoms with Gasteiger partial charge in [0.1, 0.15) is 18.0 Å². The summed E-state index contributed by atoms with van der Waals surface area (Å²) in [6.45, 7) is 6.70. The number of hydrogen-bond donors (Lipinski definition) is 5. The molecule has 4 aromatic rings. The number of esters is 2. The van der Waals surface area contributed by atoms with E-state index in [1.807, 2.05) is 0 Å². The monoisotopic (exact) mass is 1100 g/mol. The third-order valence-corrected chi connectivity index (χ3v) is 14.7. The van der Waals surface area contributed by atoms with Crippen molar-refractivity contribution in [2.24, 2.45) is 5.92 Å². The largest absolute Gasteiger partial charge is 0.460 e. The molecule has 0 radical (unpaired) electrons. The first-order valence-corrected chi connectivity index (χ1v) is 26.7. The van der Waals surface area contributed by atoms with Crippen molar-refractivity contribution in [3.8, 4) is 11.4 Å². The standard InChI is InChI=1S/C58H64FN7O14/c1-31-35-15-16-40(52-36-29-66-43(53(36)64-42(51(35)52)25-39(31)59)24-38-37(55(66)76)30-79-56(77)58(38,5)78)62-47(71)28-61-54(75)33(22-32-12-8-6-9-13-32)23-34(67)27-60-45(69)18-17-44(68)41(26-50(74)80-57(2,3)4)63-46(70)14-10-7-11-21-65-48(72)19-20-49(65)73/h6,8-9,12-13,19-20,24-25,33,40-41,78H,7,10-11,14-18,21-23,26-30H2,1-5H3,(H,60,69)(H,61,75)(H,62,71)(H,63,70)/t33-,40+,41+,58+/m1/s1. The first kappa shape index (κ1) is 57.9. The van der Waals surface area contributed by atoms with Crippen LogP contribution in [-0.2, 0) is 89.0 Å². The zero-order chi connectivity index (χ0) is 57.8. The summed E-state index contributed by atoms with van der Waals surface area (Å²) in [6, 6.07) is 9.69. The highest BCUT2D eigenvalue weighted by Gasteiger charge is 2.44. The molecule has 422 valence electrons. The van der Waals surface area contributed by atoms with Gasteiger partial charge in [-0.15, -0.1) is 0 Å². The van der Waals surface area contributed by atoms with E-state index in [9.17, 15) is 57.8 Å². The summed E-state index contributed by atoms with van der Waals surface area (Å²) in [6.07, 6.45) is 2.81. The molecule has 8 rings (SSSR count). The molecule has 0 saturated carbocycles. The van der Waals surface area contributed by atoms with Crippen LogP contribution in [0.5, 0.6) is 0 Å². The van der Waals surface area contributed by atoms with Crippen LogP contribution < -0.4 is 26.8 Å². The average molecular weight is 1100 g/mol. The Balaban J connectivity index is 0.877. The van der Waals surface area contributed by atoms with Crippen molar-refractivity contribution in [1.82, 2.24) is 35.7 Å². The Bertz CT molecular complexity index is 3310. The molecule has 80 heavy (non-hydrogen) atoms. The summed E-state index contributed by atoms with van der Waals surface area (Å²) in [4.78, 5) is 150. The van der Waals surface area contributed by atoms with Gasteiger partial charge in [-0.25, -0.2) is 14.2 Å². The minimum absolute atomic E-state index is 0.0202. The smallest absolute Gasteiger partial charge is 0.342 e. The topological polar surface area (TPSA) is 296 Å². The van der Waals surface area contributed by atoms with Crippen molar-refractivity contribution < 1.29 is 66.9 Å². The lowest BCUT2D eigenvalue weighted by molar-refractivity contribution is -0.169. The van der Waals surface area contributed by atoms with Gasteiger partial charge in [0.05, 0.1) is 60.6 Å². The summed E-state index contributed by atoms with van der Waals surface area (Å²) >= 11 is 0. The van der Waals surface area contributed by atoms with Gasteiger partial charge in [-0.05, 0) is 95.0 Å². The van der Waals surface area contributed by atoms with Crippen molar-refractivity contribution in [3.05, 3.63) is 110 Å². The molecule has 5 N–H and O–H groups in total. The van der Waals surface area contributed by atoms with Crippen molar-refractivity contribution >= 4 is 69.9 Å². The Morgan fingerprint density at radius 1 is 0.875 bits per heavy atom. The summed E-state index contributed by atoms with van der Waals surface area (Å²) < 4.78 is 27.4. The molecule has 1 aliphatic carbocycles. The Morgan fingerprint density at radius 3 is 2.31 bits per heavy atom. The fourth-order valence-corrected chi connectivity index (χ4v) is 10.7. The lowest BCUT2D eigenvalue weighted by Crippen LogP contribution is -2.43.